The van der Waals surface area contributed by atoms with E-state index in [9.17, 15) is 9.59 Å². The van der Waals surface area contributed by atoms with Crippen molar-refractivity contribution in [3.8, 4) is 0 Å². The van der Waals surface area contributed by atoms with Gasteiger partial charge in [-0.2, -0.15) is 5.10 Å². The van der Waals surface area contributed by atoms with Crippen LogP contribution in [0.25, 0.3) is 5.52 Å². The van der Waals surface area contributed by atoms with E-state index in [2.05, 4.69) is 10.4 Å². The minimum atomic E-state index is -0.430. The summed E-state index contributed by atoms with van der Waals surface area (Å²) in [6, 6.07) is 11.3. The molecule has 2 aromatic heterocycles. The summed E-state index contributed by atoms with van der Waals surface area (Å²) in [5.41, 5.74) is 3.64. The van der Waals surface area contributed by atoms with E-state index in [1.807, 2.05) is 31.2 Å². The third-order valence-electron chi connectivity index (χ3n) is 3.75. The van der Waals surface area contributed by atoms with Crippen molar-refractivity contribution in [2.24, 2.45) is 0 Å². The Morgan fingerprint density at radius 3 is 2.84 bits per heavy atom. The Morgan fingerprint density at radius 1 is 1.24 bits per heavy atom. The highest BCUT2D eigenvalue weighted by Crippen LogP contribution is 2.17. The van der Waals surface area contributed by atoms with Gasteiger partial charge in [0, 0.05) is 11.9 Å². The van der Waals surface area contributed by atoms with Crippen LogP contribution in [-0.2, 0) is 16.0 Å². The number of nitrogens with zero attached hydrogens (tertiary/aromatic N) is 2. The fourth-order valence-electron chi connectivity index (χ4n) is 2.64. The molecule has 0 saturated carbocycles. The maximum Gasteiger partial charge on any atom is 0.341 e. The predicted octanol–water partition coefficient (Wildman–Crippen LogP) is 3.00. The van der Waals surface area contributed by atoms with Crippen molar-refractivity contribution in [2.75, 3.05) is 11.9 Å². The van der Waals surface area contributed by atoms with Gasteiger partial charge in [0.1, 0.15) is 5.56 Å². The number of aryl methyl sites for hydroxylation is 1. The van der Waals surface area contributed by atoms with Crippen molar-refractivity contribution in [1.82, 2.24) is 9.61 Å². The van der Waals surface area contributed by atoms with Crippen LogP contribution in [0.3, 0.4) is 0 Å². The van der Waals surface area contributed by atoms with Gasteiger partial charge in [-0.25, -0.2) is 9.31 Å². The lowest BCUT2D eigenvalue weighted by Crippen LogP contribution is -2.14. The van der Waals surface area contributed by atoms with Crippen LogP contribution in [0.5, 0.6) is 0 Å². The molecule has 0 fully saturated rings. The molecule has 0 unspecified atom stereocenters. The molecule has 6 nitrogen and oxygen atoms in total. The minimum Gasteiger partial charge on any atom is -0.462 e. The maximum atomic E-state index is 12.3. The van der Waals surface area contributed by atoms with E-state index < -0.39 is 5.97 Å². The highest BCUT2D eigenvalue weighted by Gasteiger charge is 2.14. The van der Waals surface area contributed by atoms with Gasteiger partial charge in [-0.1, -0.05) is 29.8 Å². The predicted molar refractivity (Wildman–Crippen MR) is 94.7 cm³/mol. The van der Waals surface area contributed by atoms with Crippen LogP contribution < -0.4 is 5.32 Å². The average Bonchev–Trinajstić information content (AvgIpc) is 2.98. The number of hydrogen-bond donors (Lipinski definition) is 1. The van der Waals surface area contributed by atoms with E-state index in [1.54, 1.807) is 29.8 Å². The van der Waals surface area contributed by atoms with Crippen LogP contribution in [0, 0.1) is 6.92 Å². The van der Waals surface area contributed by atoms with E-state index >= 15 is 0 Å². The lowest BCUT2D eigenvalue weighted by Gasteiger charge is -2.07. The number of pyridine rings is 1. The highest BCUT2D eigenvalue weighted by atomic mass is 16.5. The zero-order valence-electron chi connectivity index (χ0n) is 14.2. The fourth-order valence-corrected chi connectivity index (χ4v) is 2.64. The normalized spacial score (nSPS) is 10.6. The van der Waals surface area contributed by atoms with Gasteiger partial charge in [-0.05, 0) is 31.5 Å². The number of benzene rings is 1. The molecule has 1 aromatic carbocycles. The van der Waals surface area contributed by atoms with Gasteiger partial charge in [0.2, 0.25) is 5.91 Å². The average molecular weight is 337 g/mol. The number of aromatic nitrogens is 2. The van der Waals surface area contributed by atoms with E-state index in [1.165, 1.54) is 6.20 Å². The second kappa shape index (κ2) is 7.17. The number of ether oxygens (including phenoxy) is 1. The first-order chi connectivity index (χ1) is 12.1. The highest BCUT2D eigenvalue weighted by molar-refractivity contribution is 5.98. The van der Waals surface area contributed by atoms with Gasteiger partial charge in [0.05, 0.1) is 24.7 Å². The second-order valence-corrected chi connectivity index (χ2v) is 5.74. The Labute approximate surface area is 145 Å². The van der Waals surface area contributed by atoms with Crippen molar-refractivity contribution in [1.29, 1.82) is 0 Å². The molecule has 0 aliphatic heterocycles. The van der Waals surface area contributed by atoms with Gasteiger partial charge >= 0.3 is 5.97 Å². The summed E-state index contributed by atoms with van der Waals surface area (Å²) in [5, 5.41) is 6.98. The molecule has 1 N–H and O–H groups in total. The molecule has 128 valence electrons. The zero-order valence-corrected chi connectivity index (χ0v) is 14.2. The largest absolute Gasteiger partial charge is 0.462 e. The molecular formula is C19H19N3O3. The molecular weight excluding hydrogens is 318 g/mol. The molecule has 6 heteroatoms. The van der Waals surface area contributed by atoms with Crippen LogP contribution in [0.2, 0.25) is 0 Å². The number of carbonyl (C=O) groups is 2. The number of hydrogen-bond acceptors (Lipinski definition) is 4. The number of carbonyl (C=O) groups excluding carboxylic acids is 2. The summed E-state index contributed by atoms with van der Waals surface area (Å²) in [7, 11) is 0. The molecule has 1 amide bonds. The quantitative estimate of drug-likeness (QED) is 0.727. The molecule has 3 aromatic rings. The molecule has 0 atom stereocenters. The first-order valence-corrected chi connectivity index (χ1v) is 8.06. The Bertz CT molecular complexity index is 931. The SMILES string of the molecule is CCOC(=O)c1cnn2ccc(NC(=O)Cc3cccc(C)c3)cc12. The van der Waals surface area contributed by atoms with Crippen molar-refractivity contribution in [2.45, 2.75) is 20.3 Å². The van der Waals surface area contributed by atoms with Crippen molar-refractivity contribution in [3.05, 3.63) is 65.5 Å². The number of nitrogens with one attached hydrogen (secondary N) is 1. The Balaban J connectivity index is 1.78. The molecule has 0 saturated heterocycles. The Morgan fingerprint density at radius 2 is 2.08 bits per heavy atom. The molecule has 0 radical (unpaired) electrons. The number of esters is 1. The van der Waals surface area contributed by atoms with Crippen LogP contribution >= 0.6 is 0 Å². The molecule has 2 heterocycles. The number of fused-ring (bicyclic) bond motifs is 1. The first-order valence-electron chi connectivity index (χ1n) is 8.06. The van der Waals surface area contributed by atoms with Crippen LogP contribution in [0.15, 0.2) is 48.8 Å². The Hall–Kier alpha value is -3.15. The lowest BCUT2D eigenvalue weighted by molar-refractivity contribution is -0.115. The summed E-state index contributed by atoms with van der Waals surface area (Å²) >= 11 is 0. The topological polar surface area (TPSA) is 72.7 Å². The van der Waals surface area contributed by atoms with Gasteiger partial charge in [-0.3, -0.25) is 4.79 Å². The Kier molecular flexibility index (Phi) is 4.79. The smallest absolute Gasteiger partial charge is 0.341 e. The fraction of sp³-hybridized carbons (Fsp3) is 0.211. The van der Waals surface area contributed by atoms with Gasteiger partial charge < -0.3 is 10.1 Å². The van der Waals surface area contributed by atoms with E-state index in [0.29, 0.717) is 23.4 Å². The molecule has 3 rings (SSSR count). The van der Waals surface area contributed by atoms with Crippen LogP contribution in [0.1, 0.15) is 28.4 Å². The monoisotopic (exact) mass is 337 g/mol. The zero-order chi connectivity index (χ0) is 17.8. The molecule has 0 aliphatic carbocycles. The van der Waals surface area contributed by atoms with E-state index in [4.69, 9.17) is 4.74 Å². The summed E-state index contributed by atoms with van der Waals surface area (Å²) in [4.78, 5) is 24.2. The molecule has 0 bridgehead atoms. The first kappa shape index (κ1) is 16.7. The van der Waals surface area contributed by atoms with Crippen molar-refractivity contribution < 1.29 is 14.3 Å². The number of rotatable bonds is 5. The van der Waals surface area contributed by atoms with E-state index in [-0.39, 0.29) is 12.3 Å². The summed E-state index contributed by atoms with van der Waals surface area (Å²) < 4.78 is 6.60. The third kappa shape index (κ3) is 3.85. The second-order valence-electron chi connectivity index (χ2n) is 5.74. The van der Waals surface area contributed by atoms with Gasteiger partial charge in [0.25, 0.3) is 0 Å². The third-order valence-corrected chi connectivity index (χ3v) is 3.75. The molecule has 0 aliphatic rings. The maximum absolute atomic E-state index is 12.3. The van der Waals surface area contributed by atoms with Gasteiger partial charge in [-0.15, -0.1) is 0 Å². The number of anilines is 1. The summed E-state index contributed by atoms with van der Waals surface area (Å²) in [5.74, 6) is -0.548. The summed E-state index contributed by atoms with van der Waals surface area (Å²) in [6.45, 7) is 4.04. The van der Waals surface area contributed by atoms with Crippen molar-refractivity contribution in [3.63, 3.8) is 0 Å². The summed E-state index contributed by atoms with van der Waals surface area (Å²) in [6.07, 6.45) is 3.45. The lowest BCUT2D eigenvalue weighted by atomic mass is 10.1. The minimum absolute atomic E-state index is 0.118. The van der Waals surface area contributed by atoms with Crippen LogP contribution in [-0.4, -0.2) is 28.1 Å². The standard InChI is InChI=1S/C19H19N3O3/c1-3-25-19(24)16-12-20-22-8-7-15(11-17(16)22)21-18(23)10-14-6-4-5-13(2)9-14/h4-9,11-12H,3,10H2,1-2H3,(H,21,23). The van der Waals surface area contributed by atoms with Crippen LogP contribution in [0.4, 0.5) is 5.69 Å². The number of amides is 1. The van der Waals surface area contributed by atoms with E-state index in [0.717, 1.165) is 11.1 Å². The van der Waals surface area contributed by atoms with Crippen molar-refractivity contribution >= 4 is 23.1 Å². The molecule has 0 spiro atoms. The van der Waals surface area contributed by atoms with Gasteiger partial charge in [0.15, 0.2) is 0 Å². The molecule has 25 heavy (non-hydrogen) atoms.